The maximum absolute atomic E-state index is 13.3. The minimum atomic E-state index is -0.751. The molecule has 0 bridgehead atoms. The predicted octanol–water partition coefficient (Wildman–Crippen LogP) is 2.47. The van der Waals surface area contributed by atoms with E-state index in [0.717, 1.165) is 12.1 Å². The predicted molar refractivity (Wildman–Crippen MR) is 50.2 cm³/mol. The molecule has 15 heavy (non-hydrogen) atoms. The van der Waals surface area contributed by atoms with Gasteiger partial charge in [0.1, 0.15) is 11.6 Å². The Balaban J connectivity index is 2.54. The molecule has 0 saturated heterocycles. The number of aromatic nitrogens is 3. The maximum atomic E-state index is 13.3. The molecule has 0 amide bonds. The Morgan fingerprint density at radius 2 is 2.00 bits per heavy atom. The molecular weight excluding hydrogens is 224 g/mol. The molecule has 0 aliphatic carbocycles. The van der Waals surface area contributed by atoms with Gasteiger partial charge in [-0.15, -0.1) is 5.10 Å². The van der Waals surface area contributed by atoms with E-state index in [1.54, 1.807) is 0 Å². The van der Waals surface area contributed by atoms with E-state index >= 15 is 0 Å². The van der Waals surface area contributed by atoms with Gasteiger partial charge in [-0.2, -0.15) is 5.10 Å². The highest BCUT2D eigenvalue weighted by atomic mass is 35.5. The van der Waals surface area contributed by atoms with Crippen molar-refractivity contribution in [2.24, 2.45) is 0 Å². The third kappa shape index (κ3) is 2.07. The second kappa shape index (κ2) is 3.86. The van der Waals surface area contributed by atoms with Crippen LogP contribution >= 0.6 is 11.6 Å². The lowest BCUT2D eigenvalue weighted by molar-refractivity contribution is 0.584. The number of nitrogens with zero attached hydrogens (tertiary/aromatic N) is 3. The number of rotatable bonds is 1. The second-order valence-electron chi connectivity index (χ2n) is 2.73. The third-order valence-electron chi connectivity index (χ3n) is 1.70. The molecule has 2 aromatic rings. The van der Waals surface area contributed by atoms with Crippen LogP contribution in [0.2, 0.25) is 5.15 Å². The minimum absolute atomic E-state index is 0.0278. The van der Waals surface area contributed by atoms with Crippen LogP contribution in [0, 0.1) is 11.6 Å². The van der Waals surface area contributed by atoms with E-state index in [4.69, 9.17) is 11.6 Å². The van der Waals surface area contributed by atoms with Crippen LogP contribution < -0.4 is 0 Å². The summed E-state index contributed by atoms with van der Waals surface area (Å²) in [5.74, 6) is -1.38. The highest BCUT2D eigenvalue weighted by Crippen LogP contribution is 2.19. The van der Waals surface area contributed by atoms with Crippen LogP contribution in [0.3, 0.4) is 0 Å². The van der Waals surface area contributed by atoms with Crippen molar-refractivity contribution in [3.63, 3.8) is 0 Å². The molecule has 0 atom stereocenters. The molecular formula is C9H4ClF2N3. The molecule has 0 N–H and O–H groups in total. The first-order valence-electron chi connectivity index (χ1n) is 3.97. The Labute approximate surface area is 88.8 Å². The SMILES string of the molecule is Fc1ccc(-c2nncc(Cl)n2)c(F)c1. The first-order valence-corrected chi connectivity index (χ1v) is 4.35. The number of halogens is 3. The first-order chi connectivity index (χ1) is 7.16. The third-order valence-corrected chi connectivity index (χ3v) is 1.88. The lowest BCUT2D eigenvalue weighted by Gasteiger charge is -2.00. The molecule has 0 spiro atoms. The number of hydrogen-bond donors (Lipinski definition) is 0. The Bertz CT molecular complexity index is 504. The van der Waals surface area contributed by atoms with Crippen molar-refractivity contribution in [3.05, 3.63) is 41.2 Å². The van der Waals surface area contributed by atoms with E-state index in [1.165, 1.54) is 12.3 Å². The summed E-state index contributed by atoms with van der Waals surface area (Å²) in [7, 11) is 0. The highest BCUT2D eigenvalue weighted by molar-refractivity contribution is 6.29. The van der Waals surface area contributed by atoms with Crippen LogP contribution in [-0.2, 0) is 0 Å². The first kappa shape index (κ1) is 9.92. The van der Waals surface area contributed by atoms with Gasteiger partial charge in [-0.1, -0.05) is 11.6 Å². The smallest absolute Gasteiger partial charge is 0.186 e. The fraction of sp³-hybridized carbons (Fsp3) is 0. The van der Waals surface area contributed by atoms with E-state index in [9.17, 15) is 8.78 Å². The zero-order valence-electron chi connectivity index (χ0n) is 7.28. The van der Waals surface area contributed by atoms with E-state index in [-0.39, 0.29) is 16.5 Å². The lowest BCUT2D eigenvalue weighted by atomic mass is 10.2. The average molecular weight is 228 g/mol. The highest BCUT2D eigenvalue weighted by Gasteiger charge is 2.09. The van der Waals surface area contributed by atoms with E-state index in [1.807, 2.05) is 0 Å². The van der Waals surface area contributed by atoms with Crippen LogP contribution in [0.25, 0.3) is 11.4 Å². The molecule has 0 unspecified atom stereocenters. The Kier molecular flexibility index (Phi) is 2.55. The summed E-state index contributed by atoms with van der Waals surface area (Å²) in [6.07, 6.45) is 1.23. The van der Waals surface area contributed by atoms with Crippen molar-refractivity contribution in [1.29, 1.82) is 0 Å². The monoisotopic (exact) mass is 227 g/mol. The molecule has 76 valence electrons. The molecule has 0 fully saturated rings. The summed E-state index contributed by atoms with van der Waals surface area (Å²) in [6, 6.07) is 3.10. The van der Waals surface area contributed by atoms with Crippen LogP contribution in [-0.4, -0.2) is 15.2 Å². The van der Waals surface area contributed by atoms with Crippen molar-refractivity contribution in [3.8, 4) is 11.4 Å². The largest absolute Gasteiger partial charge is 0.213 e. The van der Waals surface area contributed by atoms with Crippen molar-refractivity contribution in [2.75, 3.05) is 0 Å². The Morgan fingerprint density at radius 1 is 1.20 bits per heavy atom. The maximum Gasteiger partial charge on any atom is 0.186 e. The summed E-state index contributed by atoms with van der Waals surface area (Å²) in [5, 5.41) is 7.21. The van der Waals surface area contributed by atoms with Crippen LogP contribution in [0.4, 0.5) is 8.78 Å². The van der Waals surface area contributed by atoms with Crippen molar-refractivity contribution >= 4 is 11.6 Å². The van der Waals surface area contributed by atoms with E-state index in [0.29, 0.717) is 0 Å². The average Bonchev–Trinajstić information content (AvgIpc) is 2.17. The van der Waals surface area contributed by atoms with E-state index < -0.39 is 11.6 Å². The molecule has 1 aromatic heterocycles. The summed E-state index contributed by atoms with van der Waals surface area (Å²) in [4.78, 5) is 3.76. The summed E-state index contributed by atoms with van der Waals surface area (Å²) < 4.78 is 25.9. The normalized spacial score (nSPS) is 10.3. The zero-order chi connectivity index (χ0) is 10.8. The van der Waals surface area contributed by atoms with Gasteiger partial charge in [0.25, 0.3) is 0 Å². The van der Waals surface area contributed by atoms with Crippen molar-refractivity contribution < 1.29 is 8.78 Å². The van der Waals surface area contributed by atoms with Crippen LogP contribution in [0.5, 0.6) is 0 Å². The fourth-order valence-electron chi connectivity index (χ4n) is 1.07. The van der Waals surface area contributed by atoms with Gasteiger partial charge in [0.05, 0.1) is 11.8 Å². The van der Waals surface area contributed by atoms with Gasteiger partial charge in [0.2, 0.25) is 0 Å². The van der Waals surface area contributed by atoms with Gasteiger partial charge < -0.3 is 0 Å². The standard InChI is InChI=1S/C9H4ClF2N3/c10-8-4-13-15-9(14-8)6-2-1-5(11)3-7(6)12/h1-4H. The molecule has 0 aliphatic heterocycles. The van der Waals surface area contributed by atoms with Gasteiger partial charge >= 0.3 is 0 Å². The quantitative estimate of drug-likeness (QED) is 0.751. The molecule has 1 heterocycles. The van der Waals surface area contributed by atoms with E-state index in [2.05, 4.69) is 15.2 Å². The second-order valence-corrected chi connectivity index (χ2v) is 3.11. The molecule has 0 saturated carbocycles. The van der Waals surface area contributed by atoms with Crippen LogP contribution in [0.1, 0.15) is 0 Å². The van der Waals surface area contributed by atoms with Crippen molar-refractivity contribution in [2.45, 2.75) is 0 Å². The topological polar surface area (TPSA) is 38.7 Å². The summed E-state index contributed by atoms with van der Waals surface area (Å²) in [5.41, 5.74) is 0.0615. The van der Waals surface area contributed by atoms with Gasteiger partial charge in [-0.3, -0.25) is 0 Å². The van der Waals surface area contributed by atoms with Gasteiger partial charge in [0.15, 0.2) is 11.0 Å². The Hall–Kier alpha value is -1.62. The van der Waals surface area contributed by atoms with Gasteiger partial charge in [0, 0.05) is 6.07 Å². The number of benzene rings is 1. The molecule has 0 radical (unpaired) electrons. The van der Waals surface area contributed by atoms with Gasteiger partial charge in [-0.25, -0.2) is 13.8 Å². The Morgan fingerprint density at radius 3 is 2.67 bits per heavy atom. The molecule has 0 aliphatic rings. The summed E-state index contributed by atoms with van der Waals surface area (Å²) in [6.45, 7) is 0. The van der Waals surface area contributed by atoms with Crippen LogP contribution in [0.15, 0.2) is 24.4 Å². The van der Waals surface area contributed by atoms with Crippen molar-refractivity contribution in [1.82, 2.24) is 15.2 Å². The van der Waals surface area contributed by atoms with Gasteiger partial charge in [-0.05, 0) is 12.1 Å². The summed E-state index contributed by atoms with van der Waals surface area (Å²) >= 11 is 5.57. The lowest BCUT2D eigenvalue weighted by Crippen LogP contribution is -1.95. The zero-order valence-corrected chi connectivity index (χ0v) is 8.04. The molecule has 3 nitrogen and oxygen atoms in total. The minimum Gasteiger partial charge on any atom is -0.213 e. The fourth-order valence-corrected chi connectivity index (χ4v) is 1.19. The number of hydrogen-bond acceptors (Lipinski definition) is 3. The molecule has 6 heteroatoms. The molecule has 1 aromatic carbocycles. The molecule has 2 rings (SSSR count).